The molecule has 1 N–H and O–H groups in total. The molecule has 0 aromatic heterocycles. The lowest BCUT2D eigenvalue weighted by atomic mass is 10.1. The summed E-state index contributed by atoms with van der Waals surface area (Å²) in [6.07, 6.45) is 0. The fourth-order valence-electron chi connectivity index (χ4n) is 1.54. The number of aliphatic carboxylic acids is 1. The van der Waals surface area contributed by atoms with Gasteiger partial charge in [0.25, 0.3) is 11.8 Å². The van der Waals surface area contributed by atoms with Crippen LogP contribution < -0.4 is 0 Å². The van der Waals surface area contributed by atoms with Gasteiger partial charge in [0, 0.05) is 32.3 Å². The lowest BCUT2D eigenvalue weighted by Crippen LogP contribution is -2.32. The molecule has 0 aliphatic carbocycles. The van der Waals surface area contributed by atoms with Gasteiger partial charge in [-0.15, -0.1) is 0 Å². The normalized spacial score (nSPS) is 9.84. The van der Waals surface area contributed by atoms with Crippen molar-refractivity contribution < 1.29 is 19.5 Å². The maximum atomic E-state index is 12.0. The first-order chi connectivity index (χ1) is 8.82. The molecule has 0 unspecified atom stereocenters. The van der Waals surface area contributed by atoms with Crippen molar-refractivity contribution in [1.29, 1.82) is 0 Å². The van der Waals surface area contributed by atoms with E-state index in [-0.39, 0.29) is 18.0 Å². The summed E-state index contributed by atoms with van der Waals surface area (Å²) in [6.45, 7) is -0.384. The van der Waals surface area contributed by atoms with Gasteiger partial charge >= 0.3 is 5.97 Å². The molecule has 0 saturated carbocycles. The lowest BCUT2D eigenvalue weighted by molar-refractivity contribution is -0.137. The minimum absolute atomic E-state index is 0.212. The highest BCUT2D eigenvalue weighted by Gasteiger charge is 2.16. The Morgan fingerprint density at radius 1 is 1.05 bits per heavy atom. The zero-order valence-corrected chi connectivity index (χ0v) is 11.1. The number of carbonyl (C=O) groups is 3. The summed E-state index contributed by atoms with van der Waals surface area (Å²) >= 11 is 0. The van der Waals surface area contributed by atoms with Crippen molar-refractivity contribution in [3.05, 3.63) is 35.4 Å². The number of carboxylic acids is 1. The Balaban J connectivity index is 2.96. The van der Waals surface area contributed by atoms with E-state index in [4.69, 9.17) is 5.11 Å². The standard InChI is InChI=1S/C13H16N2O4/c1-14(2)12(18)9-5-4-6-10(7-9)13(19)15(3)8-11(16)17/h4-7H,8H2,1-3H3,(H,16,17). The molecule has 2 amide bonds. The zero-order chi connectivity index (χ0) is 14.6. The van der Waals surface area contributed by atoms with E-state index in [1.165, 1.54) is 18.0 Å². The van der Waals surface area contributed by atoms with Gasteiger partial charge < -0.3 is 14.9 Å². The molecule has 0 aliphatic rings. The van der Waals surface area contributed by atoms with E-state index in [2.05, 4.69) is 0 Å². The highest BCUT2D eigenvalue weighted by Crippen LogP contribution is 2.09. The molecule has 0 radical (unpaired) electrons. The third-order valence-electron chi connectivity index (χ3n) is 2.48. The van der Waals surface area contributed by atoms with E-state index in [1.54, 1.807) is 32.3 Å². The van der Waals surface area contributed by atoms with Crippen LogP contribution in [-0.2, 0) is 4.79 Å². The first-order valence-corrected chi connectivity index (χ1v) is 5.62. The summed E-state index contributed by atoms with van der Waals surface area (Å²) < 4.78 is 0. The number of hydrogen-bond donors (Lipinski definition) is 1. The van der Waals surface area contributed by atoms with Gasteiger partial charge in [0.15, 0.2) is 0 Å². The van der Waals surface area contributed by atoms with Crippen LogP contribution in [0.1, 0.15) is 20.7 Å². The van der Waals surface area contributed by atoms with E-state index in [9.17, 15) is 14.4 Å². The Hall–Kier alpha value is -2.37. The topological polar surface area (TPSA) is 77.9 Å². The number of rotatable bonds is 4. The smallest absolute Gasteiger partial charge is 0.323 e. The number of hydrogen-bond acceptors (Lipinski definition) is 3. The van der Waals surface area contributed by atoms with Crippen LogP contribution in [0.4, 0.5) is 0 Å². The molecule has 0 atom stereocenters. The van der Waals surface area contributed by atoms with E-state index in [0.29, 0.717) is 5.56 Å². The van der Waals surface area contributed by atoms with Crippen LogP contribution in [0.15, 0.2) is 24.3 Å². The number of carbonyl (C=O) groups excluding carboxylic acids is 2. The lowest BCUT2D eigenvalue weighted by Gasteiger charge is -2.15. The maximum absolute atomic E-state index is 12.0. The fourth-order valence-corrected chi connectivity index (χ4v) is 1.54. The molecule has 0 spiro atoms. The minimum Gasteiger partial charge on any atom is -0.480 e. The molecule has 0 fully saturated rings. The summed E-state index contributed by atoms with van der Waals surface area (Å²) in [5.41, 5.74) is 0.677. The van der Waals surface area contributed by atoms with Crippen LogP contribution in [0.5, 0.6) is 0 Å². The Morgan fingerprint density at radius 3 is 2.05 bits per heavy atom. The van der Waals surface area contributed by atoms with Gasteiger partial charge in [0.1, 0.15) is 6.54 Å². The summed E-state index contributed by atoms with van der Waals surface area (Å²) in [5.74, 6) is -1.73. The van der Waals surface area contributed by atoms with Gasteiger partial charge in [-0.3, -0.25) is 14.4 Å². The zero-order valence-electron chi connectivity index (χ0n) is 11.1. The quantitative estimate of drug-likeness (QED) is 0.861. The van der Waals surface area contributed by atoms with Crippen molar-refractivity contribution in [1.82, 2.24) is 9.80 Å². The van der Waals surface area contributed by atoms with E-state index >= 15 is 0 Å². The van der Waals surface area contributed by atoms with Gasteiger partial charge in [-0.25, -0.2) is 0 Å². The number of likely N-dealkylation sites (N-methyl/N-ethyl adjacent to an activating group) is 1. The van der Waals surface area contributed by atoms with Gasteiger partial charge in [0.05, 0.1) is 0 Å². The molecule has 6 heteroatoms. The molecular weight excluding hydrogens is 248 g/mol. The molecule has 19 heavy (non-hydrogen) atoms. The van der Waals surface area contributed by atoms with E-state index in [0.717, 1.165) is 4.90 Å². The van der Waals surface area contributed by atoms with Crippen molar-refractivity contribution in [3.8, 4) is 0 Å². The number of nitrogens with zero attached hydrogens (tertiary/aromatic N) is 2. The van der Waals surface area contributed by atoms with E-state index in [1.807, 2.05) is 0 Å². The van der Waals surface area contributed by atoms with Crippen LogP contribution in [0.25, 0.3) is 0 Å². The van der Waals surface area contributed by atoms with Crippen LogP contribution in [-0.4, -0.2) is 60.4 Å². The van der Waals surface area contributed by atoms with Crippen molar-refractivity contribution >= 4 is 17.8 Å². The predicted octanol–water partition coefficient (Wildman–Crippen LogP) is 0.545. The van der Waals surface area contributed by atoms with Crippen molar-refractivity contribution in [3.63, 3.8) is 0 Å². The summed E-state index contributed by atoms with van der Waals surface area (Å²) in [4.78, 5) is 36.8. The number of amides is 2. The van der Waals surface area contributed by atoms with Crippen LogP contribution in [0.3, 0.4) is 0 Å². The fraction of sp³-hybridized carbons (Fsp3) is 0.308. The molecule has 0 saturated heterocycles. The minimum atomic E-state index is -1.09. The van der Waals surface area contributed by atoms with Crippen LogP contribution in [0, 0.1) is 0 Å². The third-order valence-corrected chi connectivity index (χ3v) is 2.48. The van der Waals surface area contributed by atoms with Gasteiger partial charge in [-0.05, 0) is 18.2 Å². The second kappa shape index (κ2) is 5.99. The Labute approximate surface area is 111 Å². The van der Waals surface area contributed by atoms with Crippen LogP contribution in [0.2, 0.25) is 0 Å². The predicted molar refractivity (Wildman–Crippen MR) is 69.1 cm³/mol. The maximum Gasteiger partial charge on any atom is 0.323 e. The molecule has 102 valence electrons. The first kappa shape index (κ1) is 14.7. The molecule has 0 aliphatic heterocycles. The third kappa shape index (κ3) is 3.80. The van der Waals surface area contributed by atoms with Gasteiger partial charge in [-0.1, -0.05) is 6.07 Å². The van der Waals surface area contributed by atoms with Gasteiger partial charge in [-0.2, -0.15) is 0 Å². The Morgan fingerprint density at radius 2 is 1.58 bits per heavy atom. The molecule has 1 rings (SSSR count). The average Bonchev–Trinajstić information content (AvgIpc) is 2.36. The van der Waals surface area contributed by atoms with Crippen LogP contribution >= 0.6 is 0 Å². The number of benzene rings is 1. The molecular formula is C13H16N2O4. The first-order valence-electron chi connectivity index (χ1n) is 5.62. The highest BCUT2D eigenvalue weighted by atomic mass is 16.4. The molecule has 6 nitrogen and oxygen atoms in total. The molecule has 1 aromatic rings. The van der Waals surface area contributed by atoms with Crippen molar-refractivity contribution in [2.24, 2.45) is 0 Å². The average molecular weight is 264 g/mol. The van der Waals surface area contributed by atoms with Crippen molar-refractivity contribution in [2.75, 3.05) is 27.7 Å². The van der Waals surface area contributed by atoms with Crippen molar-refractivity contribution in [2.45, 2.75) is 0 Å². The summed E-state index contributed by atoms with van der Waals surface area (Å²) in [6, 6.07) is 6.21. The van der Waals surface area contributed by atoms with Gasteiger partial charge in [0.2, 0.25) is 0 Å². The second-order valence-electron chi connectivity index (χ2n) is 4.34. The molecule has 0 bridgehead atoms. The highest BCUT2D eigenvalue weighted by molar-refractivity contribution is 6.00. The summed E-state index contributed by atoms with van der Waals surface area (Å²) in [5, 5.41) is 8.64. The molecule has 1 aromatic carbocycles. The molecule has 0 heterocycles. The van der Waals surface area contributed by atoms with E-state index < -0.39 is 11.9 Å². The SMILES string of the molecule is CN(C)C(=O)c1cccc(C(=O)N(C)CC(=O)O)c1. The monoisotopic (exact) mass is 264 g/mol. The Bertz CT molecular complexity index is 511. The largest absolute Gasteiger partial charge is 0.480 e. The Kier molecular flexibility index (Phi) is 4.63. The second-order valence-corrected chi connectivity index (χ2v) is 4.34. The summed E-state index contributed by atoms with van der Waals surface area (Å²) in [7, 11) is 4.64. The number of carboxylic acid groups (broad SMARTS) is 1.